The molecule has 0 fully saturated rings. The highest BCUT2D eigenvalue weighted by Gasteiger charge is 2.34. The van der Waals surface area contributed by atoms with Crippen molar-refractivity contribution < 1.29 is 41.7 Å². The SMILES string of the molecule is CC(CO)(CO)C(=O)OCc1c(F)c(F)c(F)c(F)c1F. The molecule has 0 aliphatic heterocycles. The number of rotatable bonds is 5. The predicted molar refractivity (Wildman–Crippen MR) is 58.3 cm³/mol. The summed E-state index contributed by atoms with van der Waals surface area (Å²) in [4.78, 5) is 11.5. The number of hydrogen-bond acceptors (Lipinski definition) is 4. The fourth-order valence-electron chi connectivity index (χ4n) is 1.27. The quantitative estimate of drug-likeness (QED) is 0.373. The lowest BCUT2D eigenvalue weighted by atomic mass is 9.93. The molecule has 0 aliphatic carbocycles. The van der Waals surface area contributed by atoms with Crippen molar-refractivity contribution in [2.75, 3.05) is 13.2 Å². The number of carbonyl (C=O) groups is 1. The average Bonchev–Trinajstić information content (AvgIpc) is 2.49. The van der Waals surface area contributed by atoms with Gasteiger partial charge in [-0.05, 0) is 6.92 Å². The zero-order chi connectivity index (χ0) is 16.4. The van der Waals surface area contributed by atoms with Gasteiger partial charge in [-0.3, -0.25) is 4.79 Å². The van der Waals surface area contributed by atoms with Crippen molar-refractivity contribution in [3.63, 3.8) is 0 Å². The maximum Gasteiger partial charge on any atom is 0.316 e. The predicted octanol–water partition coefficient (Wildman–Crippen LogP) is 1.42. The van der Waals surface area contributed by atoms with Crippen LogP contribution in [0.1, 0.15) is 12.5 Å². The van der Waals surface area contributed by atoms with Gasteiger partial charge in [0.05, 0.1) is 18.8 Å². The third-order valence-corrected chi connectivity index (χ3v) is 2.84. The molecule has 0 amide bonds. The number of aliphatic hydroxyl groups is 2. The van der Waals surface area contributed by atoms with Gasteiger partial charge in [-0.25, -0.2) is 22.0 Å². The van der Waals surface area contributed by atoms with Crippen LogP contribution in [0.2, 0.25) is 0 Å². The minimum Gasteiger partial charge on any atom is -0.460 e. The Morgan fingerprint density at radius 2 is 1.33 bits per heavy atom. The van der Waals surface area contributed by atoms with Crippen LogP contribution in [0.5, 0.6) is 0 Å². The Morgan fingerprint density at radius 3 is 1.71 bits per heavy atom. The minimum atomic E-state index is -2.32. The first-order valence-electron chi connectivity index (χ1n) is 5.58. The molecule has 0 aliphatic rings. The maximum absolute atomic E-state index is 13.3. The van der Waals surface area contributed by atoms with E-state index in [9.17, 15) is 26.7 Å². The van der Waals surface area contributed by atoms with Gasteiger partial charge in [0.1, 0.15) is 12.0 Å². The molecule has 0 spiro atoms. The molecule has 1 aromatic rings. The number of halogens is 5. The van der Waals surface area contributed by atoms with E-state index >= 15 is 0 Å². The molecule has 0 unspecified atom stereocenters. The summed E-state index contributed by atoms with van der Waals surface area (Å²) in [6.45, 7) is -1.81. The van der Waals surface area contributed by atoms with Gasteiger partial charge in [-0.2, -0.15) is 0 Å². The van der Waals surface area contributed by atoms with Gasteiger partial charge >= 0.3 is 5.97 Å². The molecular weight excluding hydrogens is 303 g/mol. The first kappa shape index (κ1) is 17.3. The maximum atomic E-state index is 13.3. The summed E-state index contributed by atoms with van der Waals surface area (Å²) in [7, 11) is 0. The van der Waals surface area contributed by atoms with E-state index in [4.69, 9.17) is 10.2 Å². The minimum absolute atomic E-state index is 0.834. The summed E-state index contributed by atoms with van der Waals surface area (Å²) in [5, 5.41) is 17.8. The molecule has 0 bridgehead atoms. The highest BCUT2D eigenvalue weighted by atomic mass is 19.2. The topological polar surface area (TPSA) is 66.8 Å². The van der Waals surface area contributed by atoms with E-state index in [1.807, 2.05) is 0 Å². The number of esters is 1. The monoisotopic (exact) mass is 314 g/mol. The van der Waals surface area contributed by atoms with Crippen LogP contribution in [-0.2, 0) is 16.1 Å². The van der Waals surface area contributed by atoms with E-state index < -0.39 is 65.9 Å². The Labute approximate surface area is 115 Å². The molecule has 21 heavy (non-hydrogen) atoms. The van der Waals surface area contributed by atoms with Crippen LogP contribution in [0.25, 0.3) is 0 Å². The van der Waals surface area contributed by atoms with Crippen molar-refractivity contribution in [2.24, 2.45) is 5.41 Å². The average molecular weight is 314 g/mol. The van der Waals surface area contributed by atoms with Gasteiger partial charge in [-0.15, -0.1) is 0 Å². The van der Waals surface area contributed by atoms with Gasteiger partial charge in [0.2, 0.25) is 5.82 Å². The van der Waals surface area contributed by atoms with Crippen LogP contribution in [-0.4, -0.2) is 29.4 Å². The normalized spacial score (nSPS) is 11.6. The van der Waals surface area contributed by atoms with E-state index in [2.05, 4.69) is 4.74 Å². The van der Waals surface area contributed by atoms with Crippen molar-refractivity contribution in [2.45, 2.75) is 13.5 Å². The van der Waals surface area contributed by atoms with Crippen LogP contribution < -0.4 is 0 Å². The second kappa shape index (κ2) is 6.35. The first-order chi connectivity index (χ1) is 9.69. The Hall–Kier alpha value is -1.74. The van der Waals surface area contributed by atoms with Crippen molar-refractivity contribution in [1.82, 2.24) is 0 Å². The second-order valence-electron chi connectivity index (χ2n) is 4.50. The molecule has 2 N–H and O–H groups in total. The Kier molecular flexibility index (Phi) is 5.24. The molecule has 9 heteroatoms. The van der Waals surface area contributed by atoms with Crippen molar-refractivity contribution >= 4 is 5.97 Å². The first-order valence-corrected chi connectivity index (χ1v) is 5.58. The highest BCUT2D eigenvalue weighted by molar-refractivity contribution is 5.76. The number of ether oxygens (including phenoxy) is 1. The molecule has 0 saturated heterocycles. The molecule has 1 aromatic carbocycles. The van der Waals surface area contributed by atoms with E-state index in [-0.39, 0.29) is 0 Å². The molecule has 118 valence electrons. The lowest BCUT2D eigenvalue weighted by Crippen LogP contribution is -2.37. The zero-order valence-corrected chi connectivity index (χ0v) is 10.7. The summed E-state index contributed by atoms with van der Waals surface area (Å²) >= 11 is 0. The summed E-state index contributed by atoms with van der Waals surface area (Å²) in [5.74, 6) is -12.1. The third-order valence-electron chi connectivity index (χ3n) is 2.84. The standard InChI is InChI=1S/C12H11F5O4/c1-12(3-18,4-19)11(20)21-2-5-6(13)8(15)10(17)9(16)7(5)14/h18-19H,2-4H2,1H3. The van der Waals surface area contributed by atoms with Crippen LogP contribution in [0.4, 0.5) is 22.0 Å². The fourth-order valence-corrected chi connectivity index (χ4v) is 1.27. The zero-order valence-electron chi connectivity index (χ0n) is 10.7. The summed E-state index contributed by atoms with van der Waals surface area (Å²) in [6, 6.07) is 0. The largest absolute Gasteiger partial charge is 0.460 e. The van der Waals surface area contributed by atoms with Crippen LogP contribution >= 0.6 is 0 Å². The number of carbonyl (C=O) groups excluding carboxylic acids is 1. The van der Waals surface area contributed by atoms with E-state index in [0.717, 1.165) is 6.92 Å². The molecule has 0 aromatic heterocycles. The number of hydrogen-bond donors (Lipinski definition) is 2. The molecule has 0 radical (unpaired) electrons. The summed E-state index contributed by atoms with van der Waals surface area (Å²) in [6.07, 6.45) is 0. The molecule has 0 saturated carbocycles. The van der Waals surface area contributed by atoms with Crippen LogP contribution in [0.15, 0.2) is 0 Å². The Bertz CT molecular complexity index is 528. The molecular formula is C12H11F5O4. The van der Waals surface area contributed by atoms with E-state index in [0.29, 0.717) is 0 Å². The van der Waals surface area contributed by atoms with Crippen LogP contribution in [0.3, 0.4) is 0 Å². The summed E-state index contributed by atoms with van der Waals surface area (Å²) < 4.78 is 69.6. The van der Waals surface area contributed by atoms with Gasteiger partial charge in [0, 0.05) is 0 Å². The lowest BCUT2D eigenvalue weighted by molar-refractivity contribution is -0.161. The molecule has 0 heterocycles. The van der Waals surface area contributed by atoms with Gasteiger partial charge in [0.25, 0.3) is 0 Å². The molecule has 4 nitrogen and oxygen atoms in total. The number of aliphatic hydroxyl groups excluding tert-OH is 2. The van der Waals surface area contributed by atoms with Crippen molar-refractivity contribution in [1.29, 1.82) is 0 Å². The number of benzene rings is 1. The highest BCUT2D eigenvalue weighted by Crippen LogP contribution is 2.25. The fraction of sp³-hybridized carbons (Fsp3) is 0.417. The lowest BCUT2D eigenvalue weighted by Gasteiger charge is -2.22. The van der Waals surface area contributed by atoms with Gasteiger partial charge in [-0.1, -0.05) is 0 Å². The summed E-state index contributed by atoms with van der Waals surface area (Å²) in [5.41, 5.74) is -3.08. The second-order valence-corrected chi connectivity index (χ2v) is 4.50. The van der Waals surface area contributed by atoms with Crippen molar-refractivity contribution in [3.8, 4) is 0 Å². The Balaban J connectivity index is 3.03. The van der Waals surface area contributed by atoms with E-state index in [1.165, 1.54) is 0 Å². The van der Waals surface area contributed by atoms with Gasteiger partial charge in [0.15, 0.2) is 23.3 Å². The Morgan fingerprint density at radius 1 is 0.952 bits per heavy atom. The van der Waals surface area contributed by atoms with E-state index in [1.54, 1.807) is 0 Å². The molecule has 1 rings (SSSR count). The molecule has 0 atom stereocenters. The van der Waals surface area contributed by atoms with Gasteiger partial charge < -0.3 is 14.9 Å². The smallest absolute Gasteiger partial charge is 0.316 e. The van der Waals surface area contributed by atoms with Crippen molar-refractivity contribution in [3.05, 3.63) is 34.6 Å². The third kappa shape index (κ3) is 3.13. The van der Waals surface area contributed by atoms with Crippen LogP contribution in [0, 0.1) is 34.5 Å².